The minimum Gasteiger partial charge on any atom is -0.507 e. The van der Waals surface area contributed by atoms with E-state index < -0.39 is 43.3 Å². The number of esters is 1. The van der Waals surface area contributed by atoms with E-state index in [0.717, 1.165) is 12.1 Å². The van der Waals surface area contributed by atoms with Crippen LogP contribution in [0.4, 0.5) is 0 Å². The summed E-state index contributed by atoms with van der Waals surface area (Å²) in [5.41, 5.74) is 0.726. The van der Waals surface area contributed by atoms with E-state index in [1.54, 1.807) is 0 Å². The van der Waals surface area contributed by atoms with Crippen LogP contribution in [0.5, 0.6) is 40.2 Å². The number of methoxy groups -OCH3 is 1. The topological polar surface area (TPSA) is 227 Å². The molecule has 1 fully saturated rings. The number of rotatable bonds is 8. The first-order chi connectivity index (χ1) is 21.4. The highest BCUT2D eigenvalue weighted by Gasteiger charge is 2.46. The molecule has 0 aliphatic carbocycles. The fraction of sp³-hybridized carbons (Fsp3) is 0.226. The van der Waals surface area contributed by atoms with Gasteiger partial charge in [0.15, 0.2) is 23.0 Å². The van der Waals surface area contributed by atoms with E-state index in [4.69, 9.17) is 23.4 Å². The van der Waals surface area contributed by atoms with Crippen molar-refractivity contribution in [2.45, 2.75) is 30.7 Å². The van der Waals surface area contributed by atoms with Gasteiger partial charge < -0.3 is 59.8 Å². The molecule has 5 atom stereocenters. The molecule has 1 aromatic heterocycles. The normalized spacial score (nSPS) is 21.6. The van der Waals surface area contributed by atoms with Gasteiger partial charge in [0.1, 0.15) is 47.9 Å². The molecule has 0 bridgehead atoms. The minimum atomic E-state index is -1.81. The van der Waals surface area contributed by atoms with Crippen LogP contribution in [0.3, 0.4) is 0 Å². The summed E-state index contributed by atoms with van der Waals surface area (Å²) >= 11 is 0. The number of hydrogen-bond acceptors (Lipinski definition) is 13. The molecule has 8 N–H and O–H groups in total. The van der Waals surface area contributed by atoms with Gasteiger partial charge >= 0.3 is 17.3 Å². The molecule has 1 saturated heterocycles. The molecule has 0 spiro atoms. The predicted octanol–water partition coefficient (Wildman–Crippen LogP) is 2.36. The molecule has 0 saturated carbocycles. The van der Waals surface area contributed by atoms with E-state index in [-0.39, 0.29) is 57.0 Å². The van der Waals surface area contributed by atoms with Crippen LogP contribution in [-0.2, 0) is 14.3 Å². The summed E-state index contributed by atoms with van der Waals surface area (Å²) in [4.78, 5) is 12.3. The Morgan fingerprint density at radius 3 is 2.33 bits per heavy atom. The van der Waals surface area contributed by atoms with E-state index in [2.05, 4.69) is 0 Å². The number of hydrogen-bond donors (Lipinski definition) is 8. The van der Waals surface area contributed by atoms with Gasteiger partial charge in [-0.1, -0.05) is 6.07 Å². The molecule has 5 rings (SSSR count). The maximum atomic E-state index is 12.3. The average Bonchev–Trinajstić information content (AvgIpc) is 3.01. The highest BCUT2D eigenvalue weighted by atomic mass is 16.7. The lowest BCUT2D eigenvalue weighted by molar-refractivity contribution is -0.278. The van der Waals surface area contributed by atoms with E-state index in [1.165, 1.54) is 61.7 Å². The lowest BCUT2D eigenvalue weighted by atomic mass is 9.99. The zero-order valence-electron chi connectivity index (χ0n) is 23.5. The van der Waals surface area contributed by atoms with Crippen LogP contribution < -0.4 is 9.47 Å². The summed E-state index contributed by atoms with van der Waals surface area (Å²) in [7, 11) is 1.34. The van der Waals surface area contributed by atoms with Gasteiger partial charge in [0.05, 0.1) is 18.7 Å². The van der Waals surface area contributed by atoms with Crippen molar-refractivity contribution >= 4 is 23.0 Å². The van der Waals surface area contributed by atoms with Crippen molar-refractivity contribution in [3.63, 3.8) is 0 Å². The standard InChI is InChI=1S/C31H28O14/c1-41-23-9-15(4-6-19(23)34)30-24(12-17-20(35)10-16(32)11-22(17)43-30)44-31-29(40)28(39)27(38)25(45-31)13-42-26(37)7-3-14-2-5-18(33)21(36)8-14/h2-12,25,27-29,31,38-40H,13H2,1H3,(H4-,32,33,34,35,36,37)/p+1/t25-,27-,28+,29-,31-/m1/s1. The highest BCUT2D eigenvalue weighted by Crippen LogP contribution is 2.42. The second-order valence-electron chi connectivity index (χ2n) is 10.0. The van der Waals surface area contributed by atoms with Gasteiger partial charge in [-0.25, -0.2) is 9.21 Å². The van der Waals surface area contributed by atoms with E-state index in [1.807, 2.05) is 0 Å². The number of fused-ring (bicyclic) bond motifs is 1. The zero-order valence-corrected chi connectivity index (χ0v) is 23.5. The van der Waals surface area contributed by atoms with E-state index in [0.29, 0.717) is 11.1 Å². The van der Waals surface area contributed by atoms with Crippen LogP contribution in [-0.4, -0.2) is 91.2 Å². The Morgan fingerprint density at radius 1 is 0.844 bits per heavy atom. The van der Waals surface area contributed by atoms with Gasteiger partial charge in [0.2, 0.25) is 12.0 Å². The van der Waals surface area contributed by atoms with Crippen molar-refractivity contribution in [3.05, 3.63) is 66.2 Å². The van der Waals surface area contributed by atoms with Gasteiger partial charge in [0, 0.05) is 24.3 Å². The van der Waals surface area contributed by atoms with Crippen molar-refractivity contribution in [2.24, 2.45) is 0 Å². The first kappa shape index (κ1) is 31.2. The quantitative estimate of drug-likeness (QED) is 0.0609. The number of benzene rings is 3. The third-order valence-electron chi connectivity index (χ3n) is 6.97. The second-order valence-corrected chi connectivity index (χ2v) is 10.0. The monoisotopic (exact) mass is 625 g/mol. The third kappa shape index (κ3) is 6.63. The molecule has 236 valence electrons. The number of carbonyl (C=O) groups excluding carboxylic acids is 1. The van der Waals surface area contributed by atoms with Crippen LogP contribution in [0, 0.1) is 0 Å². The maximum Gasteiger partial charge on any atom is 0.402 e. The SMILES string of the molecule is COc1cc(-c2[o+]c3cc(O)cc(O)c3cc2O[C@@H]2O[C@H](COC(=O)/C=C/c3ccc(O)c(O)c3)[C@@H](O)[C@H](O)[C@H]2O)ccc1O. The van der Waals surface area contributed by atoms with Gasteiger partial charge in [-0.3, -0.25) is 0 Å². The van der Waals surface area contributed by atoms with Gasteiger partial charge in [0.25, 0.3) is 0 Å². The van der Waals surface area contributed by atoms with Crippen molar-refractivity contribution in [1.29, 1.82) is 0 Å². The maximum absolute atomic E-state index is 12.3. The molecular formula is C31H29O14+. The van der Waals surface area contributed by atoms with Gasteiger partial charge in [-0.2, -0.15) is 0 Å². The highest BCUT2D eigenvalue weighted by molar-refractivity contribution is 5.89. The van der Waals surface area contributed by atoms with Crippen molar-refractivity contribution in [1.82, 2.24) is 0 Å². The summed E-state index contributed by atoms with van der Waals surface area (Å²) in [6.45, 7) is -0.570. The molecule has 0 amide bonds. The molecule has 1 aliphatic heterocycles. The summed E-state index contributed by atoms with van der Waals surface area (Å²) in [6, 6.07) is 11.7. The molecule has 2 heterocycles. The number of aliphatic hydroxyl groups excluding tert-OH is 3. The summed E-state index contributed by atoms with van der Waals surface area (Å²) in [6.07, 6.45) is -6.00. The molecule has 0 unspecified atom stereocenters. The Kier molecular flexibility index (Phi) is 8.83. The molecule has 14 heteroatoms. The molecule has 4 aromatic rings. The molecule has 1 aliphatic rings. The first-order valence-electron chi connectivity index (χ1n) is 13.4. The molecule has 14 nitrogen and oxygen atoms in total. The van der Waals surface area contributed by atoms with E-state index >= 15 is 0 Å². The zero-order chi connectivity index (χ0) is 32.4. The number of phenols is 5. The second kappa shape index (κ2) is 12.8. The molecule has 45 heavy (non-hydrogen) atoms. The first-order valence-corrected chi connectivity index (χ1v) is 13.4. The smallest absolute Gasteiger partial charge is 0.402 e. The third-order valence-corrected chi connectivity index (χ3v) is 6.97. The average molecular weight is 626 g/mol. The summed E-state index contributed by atoms with van der Waals surface area (Å²) < 4.78 is 27.9. The number of ether oxygens (including phenoxy) is 4. The lowest BCUT2D eigenvalue weighted by Gasteiger charge is -2.39. The predicted molar refractivity (Wildman–Crippen MR) is 155 cm³/mol. The van der Waals surface area contributed by atoms with Gasteiger partial charge in [-0.15, -0.1) is 0 Å². The number of carbonyl (C=O) groups is 1. The molecule has 3 aromatic carbocycles. The van der Waals surface area contributed by atoms with Crippen molar-refractivity contribution in [3.8, 4) is 51.6 Å². The van der Waals surface area contributed by atoms with Crippen LogP contribution in [0.25, 0.3) is 28.4 Å². The molecule has 0 radical (unpaired) electrons. The largest absolute Gasteiger partial charge is 0.507 e. The Balaban J connectivity index is 1.40. The summed E-state index contributed by atoms with van der Waals surface area (Å²) in [5.74, 6) is -2.48. The lowest BCUT2D eigenvalue weighted by Crippen LogP contribution is -2.60. The minimum absolute atomic E-state index is 0.0180. The summed E-state index contributed by atoms with van der Waals surface area (Å²) in [5, 5.41) is 81.4. The van der Waals surface area contributed by atoms with Gasteiger partial charge in [-0.05, 0) is 35.9 Å². The van der Waals surface area contributed by atoms with Crippen molar-refractivity contribution in [2.75, 3.05) is 13.7 Å². The van der Waals surface area contributed by atoms with Crippen LogP contribution in [0.1, 0.15) is 5.56 Å². The Hall–Kier alpha value is -5.28. The molecular weight excluding hydrogens is 596 g/mol. The van der Waals surface area contributed by atoms with Crippen LogP contribution in [0.2, 0.25) is 0 Å². The number of aromatic hydroxyl groups is 5. The van der Waals surface area contributed by atoms with Crippen molar-refractivity contribution < 1.29 is 69.0 Å². The number of aliphatic hydroxyl groups is 3. The Labute approximate surface area is 254 Å². The Morgan fingerprint density at radius 2 is 1.60 bits per heavy atom. The Bertz CT molecular complexity index is 1750. The van der Waals surface area contributed by atoms with Crippen LogP contribution >= 0.6 is 0 Å². The fourth-order valence-electron chi connectivity index (χ4n) is 4.59. The van der Waals surface area contributed by atoms with Crippen LogP contribution in [0.15, 0.2) is 65.1 Å². The van der Waals surface area contributed by atoms with E-state index in [9.17, 15) is 45.6 Å². The fourth-order valence-corrected chi connectivity index (χ4v) is 4.59. The number of phenolic OH excluding ortho intramolecular Hbond substituents is 5.